The summed E-state index contributed by atoms with van der Waals surface area (Å²) in [7, 11) is 0. The molecule has 1 unspecified atom stereocenters. The maximum absolute atomic E-state index is 13.6. The molecule has 0 aromatic heterocycles. The van der Waals surface area contributed by atoms with E-state index >= 15 is 0 Å². The highest BCUT2D eigenvalue weighted by atomic mass is 16.5. The zero-order valence-corrected chi connectivity index (χ0v) is 23.2. The number of ketones is 1. The molecule has 0 bridgehead atoms. The Labute approximate surface area is 231 Å². The quantitative estimate of drug-likeness (QED) is 0.379. The summed E-state index contributed by atoms with van der Waals surface area (Å²) in [5.41, 5.74) is 16.2. The van der Waals surface area contributed by atoms with Crippen molar-refractivity contribution < 1.29 is 9.53 Å². The van der Waals surface area contributed by atoms with Gasteiger partial charge in [-0.05, 0) is 80.5 Å². The molecule has 0 spiro atoms. The summed E-state index contributed by atoms with van der Waals surface area (Å²) in [6.45, 7) is 8.65. The summed E-state index contributed by atoms with van der Waals surface area (Å²) in [6, 6.07) is 22.8. The number of benzene rings is 3. The van der Waals surface area contributed by atoms with Crippen LogP contribution in [0.1, 0.15) is 65.5 Å². The van der Waals surface area contributed by atoms with Crippen LogP contribution in [-0.4, -0.2) is 5.78 Å². The van der Waals surface area contributed by atoms with Crippen molar-refractivity contribution in [1.29, 1.82) is 5.26 Å². The standard InChI is InChI=1S/C34H35N3O2/c1-5-24-9-6-7-10-29(24)37-30-11-8-12-31(38)33(30)32(28(19-35)34(37)36)27-18-22(3)17-25(23(27)4)20-39-26-15-13-21(2)14-16-26/h6-7,9-10,13-18,32H,5,8,11-12,20,36H2,1-4H3. The number of ether oxygens (including phenoxy) is 1. The molecule has 1 heterocycles. The lowest BCUT2D eigenvalue weighted by Gasteiger charge is -2.40. The van der Waals surface area contributed by atoms with Gasteiger partial charge >= 0.3 is 0 Å². The molecule has 3 aromatic carbocycles. The van der Waals surface area contributed by atoms with Gasteiger partial charge < -0.3 is 10.5 Å². The Balaban J connectivity index is 1.64. The van der Waals surface area contributed by atoms with E-state index in [2.05, 4.69) is 45.0 Å². The van der Waals surface area contributed by atoms with Crippen molar-refractivity contribution in [2.24, 2.45) is 5.73 Å². The van der Waals surface area contributed by atoms with Crippen molar-refractivity contribution in [3.05, 3.63) is 117 Å². The molecular formula is C34H35N3O2. The summed E-state index contributed by atoms with van der Waals surface area (Å²) in [4.78, 5) is 15.6. The lowest BCUT2D eigenvalue weighted by atomic mass is 9.73. The van der Waals surface area contributed by atoms with Crippen LogP contribution >= 0.6 is 0 Å². The normalized spacial score (nSPS) is 17.3. The van der Waals surface area contributed by atoms with Crippen LogP contribution < -0.4 is 15.4 Å². The van der Waals surface area contributed by atoms with Gasteiger partial charge in [-0.25, -0.2) is 0 Å². The molecule has 0 saturated carbocycles. The van der Waals surface area contributed by atoms with Gasteiger partial charge in [0, 0.05) is 17.7 Å². The molecule has 0 radical (unpaired) electrons. The largest absolute Gasteiger partial charge is 0.489 e. The number of hydrogen-bond donors (Lipinski definition) is 1. The molecule has 5 rings (SSSR count). The Morgan fingerprint density at radius 3 is 2.46 bits per heavy atom. The molecule has 5 nitrogen and oxygen atoms in total. The molecule has 1 aliphatic heterocycles. The number of nitrogens with zero attached hydrogens (tertiary/aromatic N) is 2. The molecule has 5 heteroatoms. The first-order valence-corrected chi connectivity index (χ1v) is 13.7. The number of para-hydroxylation sites is 1. The minimum Gasteiger partial charge on any atom is -0.489 e. The number of Topliss-reactive ketones (excluding diaryl/α,β-unsaturated/α-hetero) is 1. The summed E-state index contributed by atoms with van der Waals surface area (Å²) >= 11 is 0. The molecule has 1 aliphatic carbocycles. The Kier molecular flexibility index (Phi) is 7.30. The minimum absolute atomic E-state index is 0.0961. The predicted octanol–water partition coefficient (Wildman–Crippen LogP) is 7.06. The zero-order valence-electron chi connectivity index (χ0n) is 23.2. The van der Waals surface area contributed by atoms with E-state index < -0.39 is 5.92 Å². The van der Waals surface area contributed by atoms with Crippen LogP contribution in [0.25, 0.3) is 0 Å². The minimum atomic E-state index is -0.499. The van der Waals surface area contributed by atoms with Crippen molar-refractivity contribution in [2.45, 2.75) is 65.9 Å². The van der Waals surface area contributed by atoms with Crippen LogP contribution in [0, 0.1) is 32.1 Å². The molecule has 198 valence electrons. The highest BCUT2D eigenvalue weighted by Crippen LogP contribution is 2.48. The van der Waals surface area contributed by atoms with Gasteiger partial charge in [0.1, 0.15) is 18.2 Å². The summed E-state index contributed by atoms with van der Waals surface area (Å²) in [5.74, 6) is 0.815. The summed E-state index contributed by atoms with van der Waals surface area (Å²) < 4.78 is 6.14. The van der Waals surface area contributed by atoms with Gasteiger partial charge in [-0.1, -0.05) is 60.5 Å². The van der Waals surface area contributed by atoms with E-state index in [1.54, 1.807) is 0 Å². The number of carbonyl (C=O) groups is 1. The molecule has 2 N–H and O–H groups in total. The smallest absolute Gasteiger partial charge is 0.161 e. The molecule has 0 amide bonds. The van der Waals surface area contributed by atoms with Crippen LogP contribution in [0.4, 0.5) is 5.69 Å². The Hall–Kier alpha value is -4.30. The van der Waals surface area contributed by atoms with E-state index in [1.807, 2.05) is 54.3 Å². The first kappa shape index (κ1) is 26.3. The van der Waals surface area contributed by atoms with Gasteiger partial charge in [-0.3, -0.25) is 9.69 Å². The number of nitriles is 1. The fourth-order valence-corrected chi connectivity index (χ4v) is 5.91. The summed E-state index contributed by atoms with van der Waals surface area (Å²) in [5, 5.41) is 10.5. The highest BCUT2D eigenvalue weighted by molar-refractivity contribution is 6.01. The second kappa shape index (κ2) is 10.8. The van der Waals surface area contributed by atoms with Crippen LogP contribution in [-0.2, 0) is 17.8 Å². The highest BCUT2D eigenvalue weighted by Gasteiger charge is 2.41. The lowest BCUT2D eigenvalue weighted by molar-refractivity contribution is -0.116. The van der Waals surface area contributed by atoms with E-state index in [0.717, 1.165) is 64.2 Å². The van der Waals surface area contributed by atoms with Crippen molar-refractivity contribution in [3.8, 4) is 11.8 Å². The first-order valence-electron chi connectivity index (χ1n) is 13.7. The van der Waals surface area contributed by atoms with Gasteiger partial charge in [-0.15, -0.1) is 0 Å². The molecule has 3 aromatic rings. The first-order chi connectivity index (χ1) is 18.8. The third-order valence-electron chi connectivity index (χ3n) is 7.95. The van der Waals surface area contributed by atoms with E-state index in [4.69, 9.17) is 10.5 Å². The van der Waals surface area contributed by atoms with Crippen LogP contribution in [0.5, 0.6) is 5.75 Å². The van der Waals surface area contributed by atoms with Crippen LogP contribution in [0.2, 0.25) is 0 Å². The predicted molar refractivity (Wildman–Crippen MR) is 155 cm³/mol. The number of allylic oxidation sites excluding steroid dienone is 3. The second-order valence-corrected chi connectivity index (χ2v) is 10.5. The Bertz CT molecular complexity index is 1540. The molecule has 0 fully saturated rings. The number of rotatable bonds is 6. The number of carbonyl (C=O) groups excluding carboxylic acids is 1. The van der Waals surface area contributed by atoms with Gasteiger partial charge in [0.05, 0.1) is 23.2 Å². The lowest BCUT2D eigenvalue weighted by Crippen LogP contribution is -2.39. The van der Waals surface area contributed by atoms with Gasteiger partial charge in [0.2, 0.25) is 0 Å². The van der Waals surface area contributed by atoms with E-state index in [9.17, 15) is 10.1 Å². The van der Waals surface area contributed by atoms with Gasteiger partial charge in [0.15, 0.2) is 5.78 Å². The number of anilines is 1. The fraction of sp³-hybridized carbons (Fsp3) is 0.294. The second-order valence-electron chi connectivity index (χ2n) is 10.5. The maximum atomic E-state index is 13.6. The van der Waals surface area contributed by atoms with Gasteiger partial charge in [-0.2, -0.15) is 5.26 Å². The van der Waals surface area contributed by atoms with Gasteiger partial charge in [0.25, 0.3) is 0 Å². The van der Waals surface area contributed by atoms with E-state index in [1.165, 1.54) is 5.56 Å². The molecule has 0 saturated heterocycles. The third-order valence-corrected chi connectivity index (χ3v) is 7.95. The Morgan fingerprint density at radius 2 is 1.74 bits per heavy atom. The Morgan fingerprint density at radius 1 is 1.00 bits per heavy atom. The average Bonchev–Trinajstić information content (AvgIpc) is 2.94. The number of aryl methyl sites for hydroxylation is 3. The molecule has 39 heavy (non-hydrogen) atoms. The SMILES string of the molecule is CCc1ccccc1N1C(N)=C(C#N)C(c2cc(C)cc(COc3ccc(C)cc3)c2C)C2=C1CCCC2=O. The van der Waals surface area contributed by atoms with Crippen molar-refractivity contribution in [1.82, 2.24) is 0 Å². The fourth-order valence-electron chi connectivity index (χ4n) is 5.91. The van der Waals surface area contributed by atoms with Crippen LogP contribution in [0.15, 0.2) is 83.3 Å². The third kappa shape index (κ3) is 4.83. The van der Waals surface area contributed by atoms with E-state index in [0.29, 0.717) is 30.0 Å². The molecule has 1 atom stereocenters. The maximum Gasteiger partial charge on any atom is 0.161 e. The van der Waals surface area contributed by atoms with Crippen molar-refractivity contribution in [3.63, 3.8) is 0 Å². The summed E-state index contributed by atoms with van der Waals surface area (Å²) in [6.07, 6.45) is 2.81. The topological polar surface area (TPSA) is 79.3 Å². The van der Waals surface area contributed by atoms with E-state index in [-0.39, 0.29) is 5.78 Å². The molecular weight excluding hydrogens is 482 g/mol. The number of hydrogen-bond acceptors (Lipinski definition) is 5. The van der Waals surface area contributed by atoms with Crippen LogP contribution in [0.3, 0.4) is 0 Å². The monoisotopic (exact) mass is 517 g/mol. The average molecular weight is 518 g/mol. The molecule has 2 aliphatic rings. The zero-order chi connectivity index (χ0) is 27.7. The van der Waals surface area contributed by atoms with Crippen molar-refractivity contribution in [2.75, 3.05) is 4.90 Å². The number of nitrogens with two attached hydrogens (primary N) is 1. The van der Waals surface area contributed by atoms with Crippen molar-refractivity contribution >= 4 is 11.5 Å².